The molecule has 0 radical (unpaired) electrons. The van der Waals surface area contributed by atoms with Crippen LogP contribution in [0, 0.1) is 11.3 Å². The highest BCUT2D eigenvalue weighted by Crippen LogP contribution is 1.73. The standard InChI is InChI=1S/C4H6N2O/c1-3(7)4(6)2-5/h4H,6H2,1H3. The number of ketones is 1. The van der Waals surface area contributed by atoms with E-state index in [1.54, 1.807) is 6.07 Å². The number of hydrogen-bond donors (Lipinski definition) is 1. The van der Waals surface area contributed by atoms with Crippen molar-refractivity contribution in [2.45, 2.75) is 13.0 Å². The van der Waals surface area contributed by atoms with Gasteiger partial charge in [0.15, 0.2) is 11.8 Å². The smallest absolute Gasteiger partial charge is 0.160 e. The number of nitrogens with zero attached hydrogens (tertiary/aromatic N) is 1. The summed E-state index contributed by atoms with van der Waals surface area (Å²) in [6.07, 6.45) is 0. The van der Waals surface area contributed by atoms with Gasteiger partial charge in [-0.25, -0.2) is 0 Å². The molecule has 1 atom stereocenters. The molecule has 3 heteroatoms. The molecular weight excluding hydrogens is 92.1 g/mol. The lowest BCUT2D eigenvalue weighted by molar-refractivity contribution is -0.117. The molecule has 0 aliphatic rings. The lowest BCUT2D eigenvalue weighted by Gasteiger charge is -1.88. The van der Waals surface area contributed by atoms with E-state index in [1.807, 2.05) is 0 Å². The van der Waals surface area contributed by atoms with Crippen LogP contribution in [0.15, 0.2) is 0 Å². The first kappa shape index (κ1) is 6.12. The summed E-state index contributed by atoms with van der Waals surface area (Å²) in [5, 5.41) is 7.91. The summed E-state index contributed by atoms with van der Waals surface area (Å²) in [7, 11) is 0. The Morgan fingerprint density at radius 1 is 2.00 bits per heavy atom. The molecule has 0 fully saturated rings. The Morgan fingerprint density at radius 2 is 2.43 bits per heavy atom. The van der Waals surface area contributed by atoms with Crippen LogP contribution >= 0.6 is 0 Å². The van der Waals surface area contributed by atoms with Crippen molar-refractivity contribution in [3.8, 4) is 6.07 Å². The topological polar surface area (TPSA) is 66.9 Å². The van der Waals surface area contributed by atoms with Crippen molar-refractivity contribution in [3.05, 3.63) is 0 Å². The number of carbonyl (C=O) groups is 1. The summed E-state index contributed by atoms with van der Waals surface area (Å²) >= 11 is 0. The summed E-state index contributed by atoms with van der Waals surface area (Å²) in [4.78, 5) is 10.0. The van der Waals surface area contributed by atoms with Gasteiger partial charge in [0.25, 0.3) is 0 Å². The lowest BCUT2D eigenvalue weighted by Crippen LogP contribution is -2.25. The average molecular weight is 98.1 g/mol. The van der Waals surface area contributed by atoms with Gasteiger partial charge in [-0.1, -0.05) is 0 Å². The predicted octanol–water partition coefficient (Wildman–Crippen LogP) is -0.574. The maximum absolute atomic E-state index is 10.0. The van der Waals surface area contributed by atoms with Crippen molar-refractivity contribution < 1.29 is 4.79 Å². The van der Waals surface area contributed by atoms with E-state index in [0.29, 0.717) is 0 Å². The van der Waals surface area contributed by atoms with Crippen molar-refractivity contribution in [2.24, 2.45) is 5.73 Å². The Bertz CT molecular complexity index is 113. The van der Waals surface area contributed by atoms with E-state index in [2.05, 4.69) is 0 Å². The summed E-state index contributed by atoms with van der Waals surface area (Å²) in [6, 6.07) is 0.662. The molecule has 0 aromatic rings. The van der Waals surface area contributed by atoms with Crippen molar-refractivity contribution in [3.63, 3.8) is 0 Å². The van der Waals surface area contributed by atoms with Crippen LogP contribution in [0.3, 0.4) is 0 Å². The Balaban J connectivity index is 3.63. The van der Waals surface area contributed by atoms with E-state index in [0.717, 1.165) is 0 Å². The molecule has 7 heavy (non-hydrogen) atoms. The molecule has 0 bridgehead atoms. The molecule has 0 saturated carbocycles. The van der Waals surface area contributed by atoms with E-state index < -0.39 is 6.04 Å². The maximum Gasteiger partial charge on any atom is 0.160 e. The number of nitriles is 1. The Hall–Kier alpha value is -0.880. The van der Waals surface area contributed by atoms with Crippen molar-refractivity contribution in [1.29, 1.82) is 5.26 Å². The van der Waals surface area contributed by atoms with Crippen LogP contribution in [0.4, 0.5) is 0 Å². The van der Waals surface area contributed by atoms with Gasteiger partial charge in [0, 0.05) is 0 Å². The summed E-state index contributed by atoms with van der Waals surface area (Å²) in [6.45, 7) is 1.29. The fourth-order valence-corrected chi connectivity index (χ4v) is 0.0909. The lowest BCUT2D eigenvalue weighted by atomic mass is 10.2. The third kappa shape index (κ3) is 1.90. The van der Waals surface area contributed by atoms with Gasteiger partial charge >= 0.3 is 0 Å². The molecule has 0 heterocycles. The summed E-state index contributed by atoms with van der Waals surface area (Å²) < 4.78 is 0. The zero-order valence-corrected chi connectivity index (χ0v) is 4.01. The Kier molecular flexibility index (Phi) is 2.03. The van der Waals surface area contributed by atoms with Gasteiger partial charge in [-0.05, 0) is 6.92 Å². The number of Topliss-reactive ketones (excluding diaryl/α,β-unsaturated/α-hetero) is 1. The minimum Gasteiger partial charge on any atom is -0.310 e. The van der Waals surface area contributed by atoms with Gasteiger partial charge in [-0.2, -0.15) is 5.26 Å². The molecule has 1 unspecified atom stereocenters. The molecule has 3 nitrogen and oxygen atoms in total. The number of carbonyl (C=O) groups excluding carboxylic acids is 1. The van der Waals surface area contributed by atoms with Crippen molar-refractivity contribution in [1.82, 2.24) is 0 Å². The van der Waals surface area contributed by atoms with E-state index in [1.165, 1.54) is 6.92 Å². The maximum atomic E-state index is 10.0. The van der Waals surface area contributed by atoms with E-state index in [4.69, 9.17) is 11.0 Å². The van der Waals surface area contributed by atoms with Gasteiger partial charge in [0.2, 0.25) is 0 Å². The van der Waals surface area contributed by atoms with Crippen LogP contribution in [0.1, 0.15) is 6.92 Å². The van der Waals surface area contributed by atoms with Gasteiger partial charge in [0.1, 0.15) is 0 Å². The van der Waals surface area contributed by atoms with E-state index >= 15 is 0 Å². The SMILES string of the molecule is CC(=O)C(N)C#N. The second-order valence-corrected chi connectivity index (χ2v) is 1.22. The highest BCUT2D eigenvalue weighted by Gasteiger charge is 2.02. The quantitative estimate of drug-likeness (QED) is 0.477. The average Bonchev–Trinajstić information content (AvgIpc) is 1.65. The number of rotatable bonds is 1. The fourth-order valence-electron chi connectivity index (χ4n) is 0.0909. The van der Waals surface area contributed by atoms with Gasteiger partial charge in [-0.3, -0.25) is 4.79 Å². The Labute approximate surface area is 41.7 Å². The van der Waals surface area contributed by atoms with Crippen molar-refractivity contribution >= 4 is 5.78 Å². The van der Waals surface area contributed by atoms with Crippen molar-refractivity contribution in [2.75, 3.05) is 0 Å². The molecular formula is C4H6N2O. The van der Waals surface area contributed by atoms with E-state index in [-0.39, 0.29) is 5.78 Å². The molecule has 38 valence electrons. The zero-order chi connectivity index (χ0) is 5.86. The third-order valence-corrected chi connectivity index (χ3v) is 0.577. The molecule has 0 aromatic carbocycles. The van der Waals surface area contributed by atoms with Gasteiger partial charge in [-0.15, -0.1) is 0 Å². The largest absolute Gasteiger partial charge is 0.310 e. The molecule has 0 saturated heterocycles. The van der Waals surface area contributed by atoms with Gasteiger partial charge < -0.3 is 5.73 Å². The minimum atomic E-state index is -0.931. The molecule has 0 aromatic heterocycles. The summed E-state index contributed by atoms with van der Waals surface area (Å²) in [5.74, 6) is -0.289. The predicted molar refractivity (Wildman–Crippen MR) is 24.3 cm³/mol. The highest BCUT2D eigenvalue weighted by atomic mass is 16.1. The van der Waals surface area contributed by atoms with E-state index in [9.17, 15) is 4.79 Å². The van der Waals surface area contributed by atoms with Crippen LogP contribution < -0.4 is 5.73 Å². The minimum absolute atomic E-state index is 0.289. The first-order valence-corrected chi connectivity index (χ1v) is 1.84. The normalized spacial score (nSPS) is 12.1. The first-order valence-electron chi connectivity index (χ1n) is 1.84. The molecule has 2 N–H and O–H groups in total. The fraction of sp³-hybridized carbons (Fsp3) is 0.500. The second kappa shape index (κ2) is 2.32. The highest BCUT2D eigenvalue weighted by molar-refractivity contribution is 5.83. The number of nitrogens with two attached hydrogens (primary N) is 1. The zero-order valence-electron chi connectivity index (χ0n) is 4.01. The van der Waals surface area contributed by atoms with Crippen LogP contribution in [-0.4, -0.2) is 11.8 Å². The molecule has 0 aliphatic heterocycles. The molecule has 0 rings (SSSR count). The monoisotopic (exact) mass is 98.0 g/mol. The Morgan fingerprint density at radius 3 is 2.43 bits per heavy atom. The molecule has 0 amide bonds. The van der Waals surface area contributed by atoms with Crippen LogP contribution in [-0.2, 0) is 4.79 Å². The number of hydrogen-bond acceptors (Lipinski definition) is 3. The van der Waals surface area contributed by atoms with Gasteiger partial charge in [0.05, 0.1) is 6.07 Å². The molecule has 0 aliphatic carbocycles. The van der Waals surface area contributed by atoms with Crippen LogP contribution in [0.2, 0.25) is 0 Å². The third-order valence-electron chi connectivity index (χ3n) is 0.577. The summed E-state index contributed by atoms with van der Waals surface area (Å²) in [5.41, 5.74) is 4.91. The van der Waals surface area contributed by atoms with Crippen LogP contribution in [0.25, 0.3) is 0 Å². The molecule has 0 spiro atoms. The van der Waals surface area contributed by atoms with Crippen LogP contribution in [0.5, 0.6) is 0 Å². The second-order valence-electron chi connectivity index (χ2n) is 1.22. The first-order chi connectivity index (χ1) is 3.18.